The topological polar surface area (TPSA) is 106 Å². The molecule has 1 unspecified atom stereocenters. The van der Waals surface area contributed by atoms with Crippen LogP contribution < -0.4 is 10.6 Å². The number of ether oxygens (including phenoxy) is 2. The second-order valence-corrected chi connectivity index (χ2v) is 5.71. The van der Waals surface area contributed by atoms with Crippen molar-refractivity contribution in [3.8, 4) is 6.07 Å². The maximum atomic E-state index is 12.4. The molecule has 0 bridgehead atoms. The molecular weight excluding hydrogens is 298 g/mol. The van der Waals surface area contributed by atoms with Gasteiger partial charge in [-0.15, -0.1) is 0 Å². The smallest absolute Gasteiger partial charge is 0.416 e. The van der Waals surface area contributed by atoms with E-state index < -0.39 is 23.8 Å². The van der Waals surface area contributed by atoms with Gasteiger partial charge in [0, 0.05) is 0 Å². The van der Waals surface area contributed by atoms with Gasteiger partial charge < -0.3 is 15.2 Å². The van der Waals surface area contributed by atoms with Crippen LogP contribution in [0.15, 0.2) is 24.3 Å². The Bertz CT molecular complexity index is 616. The van der Waals surface area contributed by atoms with E-state index in [0.717, 1.165) is 4.90 Å². The van der Waals surface area contributed by atoms with Crippen LogP contribution in [0.4, 0.5) is 10.5 Å². The lowest BCUT2D eigenvalue weighted by atomic mass is 10.2. The zero-order valence-electron chi connectivity index (χ0n) is 13.7. The highest BCUT2D eigenvalue weighted by Gasteiger charge is 2.32. The van der Waals surface area contributed by atoms with Gasteiger partial charge in [0.25, 0.3) is 0 Å². The van der Waals surface area contributed by atoms with Gasteiger partial charge in [-0.25, -0.2) is 9.59 Å². The number of nitrogens with two attached hydrogens (primary N) is 1. The quantitative estimate of drug-likeness (QED) is 0.673. The van der Waals surface area contributed by atoms with Crippen molar-refractivity contribution in [2.45, 2.75) is 39.5 Å². The molecule has 0 heterocycles. The standard InChI is InChI=1S/C16H21N3O4/c1-5-22-14(20)13(18)19(15(21)23-16(2,3)4)12-8-6-7-11(9-12)10-17/h6-9,13H,5,18H2,1-4H3. The van der Waals surface area contributed by atoms with Crippen molar-refractivity contribution in [3.63, 3.8) is 0 Å². The molecule has 0 radical (unpaired) electrons. The third-order valence-electron chi connectivity index (χ3n) is 2.65. The van der Waals surface area contributed by atoms with Crippen molar-refractivity contribution >= 4 is 17.7 Å². The van der Waals surface area contributed by atoms with Crippen LogP contribution in [0.1, 0.15) is 33.3 Å². The molecule has 124 valence electrons. The predicted molar refractivity (Wildman–Crippen MR) is 84.5 cm³/mol. The molecule has 1 rings (SSSR count). The van der Waals surface area contributed by atoms with Crippen molar-refractivity contribution in [2.24, 2.45) is 5.73 Å². The predicted octanol–water partition coefficient (Wildman–Crippen LogP) is 2.15. The highest BCUT2D eigenvalue weighted by atomic mass is 16.6. The van der Waals surface area contributed by atoms with Crippen LogP contribution in [0.25, 0.3) is 0 Å². The van der Waals surface area contributed by atoms with Gasteiger partial charge in [-0.05, 0) is 45.9 Å². The minimum Gasteiger partial charge on any atom is -0.463 e. The van der Waals surface area contributed by atoms with Crippen molar-refractivity contribution < 1.29 is 19.1 Å². The number of amides is 1. The Morgan fingerprint density at radius 1 is 1.39 bits per heavy atom. The number of anilines is 1. The van der Waals surface area contributed by atoms with Crippen LogP contribution in [-0.2, 0) is 14.3 Å². The van der Waals surface area contributed by atoms with Gasteiger partial charge >= 0.3 is 12.1 Å². The fourth-order valence-electron chi connectivity index (χ4n) is 1.75. The summed E-state index contributed by atoms with van der Waals surface area (Å²) in [5, 5.41) is 8.99. The van der Waals surface area contributed by atoms with Crippen molar-refractivity contribution in [1.29, 1.82) is 5.26 Å². The van der Waals surface area contributed by atoms with Gasteiger partial charge in [0.15, 0.2) is 6.17 Å². The third-order valence-corrected chi connectivity index (χ3v) is 2.65. The number of benzene rings is 1. The average Bonchev–Trinajstić information content (AvgIpc) is 2.46. The Balaban J connectivity index is 3.22. The largest absolute Gasteiger partial charge is 0.463 e. The molecule has 23 heavy (non-hydrogen) atoms. The Kier molecular flexibility index (Phi) is 6.10. The van der Waals surface area contributed by atoms with Crippen molar-refractivity contribution in [2.75, 3.05) is 11.5 Å². The Hall–Kier alpha value is -2.59. The Labute approximate surface area is 135 Å². The van der Waals surface area contributed by atoms with E-state index in [0.29, 0.717) is 5.56 Å². The summed E-state index contributed by atoms with van der Waals surface area (Å²) in [5.41, 5.74) is 5.69. The third kappa shape index (κ3) is 5.27. The average molecular weight is 319 g/mol. The molecule has 1 atom stereocenters. The zero-order chi connectivity index (χ0) is 17.6. The minimum atomic E-state index is -1.38. The first-order chi connectivity index (χ1) is 10.7. The number of hydrogen-bond acceptors (Lipinski definition) is 6. The zero-order valence-corrected chi connectivity index (χ0v) is 13.7. The molecule has 0 aliphatic rings. The van der Waals surface area contributed by atoms with Crippen LogP contribution in [0.2, 0.25) is 0 Å². The maximum Gasteiger partial charge on any atom is 0.416 e. The molecule has 0 aliphatic heterocycles. The molecule has 2 N–H and O–H groups in total. The molecule has 0 saturated carbocycles. The van der Waals surface area contributed by atoms with Gasteiger partial charge in [-0.3, -0.25) is 4.90 Å². The molecule has 0 aliphatic carbocycles. The molecule has 1 aromatic carbocycles. The van der Waals surface area contributed by atoms with Gasteiger partial charge in [-0.1, -0.05) is 6.07 Å². The van der Waals surface area contributed by atoms with Crippen LogP contribution >= 0.6 is 0 Å². The lowest BCUT2D eigenvalue weighted by Crippen LogP contribution is -2.53. The summed E-state index contributed by atoms with van der Waals surface area (Å²) in [6.45, 7) is 6.87. The summed E-state index contributed by atoms with van der Waals surface area (Å²) in [6.07, 6.45) is -2.17. The van der Waals surface area contributed by atoms with E-state index in [1.54, 1.807) is 45.9 Å². The maximum absolute atomic E-state index is 12.4. The van der Waals surface area contributed by atoms with Gasteiger partial charge in [-0.2, -0.15) is 5.26 Å². The summed E-state index contributed by atoms with van der Waals surface area (Å²) in [5.74, 6) is -0.763. The highest BCUT2D eigenvalue weighted by Crippen LogP contribution is 2.21. The molecule has 7 heteroatoms. The van der Waals surface area contributed by atoms with E-state index in [1.165, 1.54) is 6.07 Å². The first-order valence-corrected chi connectivity index (χ1v) is 7.14. The van der Waals surface area contributed by atoms with E-state index in [9.17, 15) is 9.59 Å². The van der Waals surface area contributed by atoms with Crippen LogP contribution in [0.5, 0.6) is 0 Å². The van der Waals surface area contributed by atoms with E-state index in [4.69, 9.17) is 20.5 Å². The monoisotopic (exact) mass is 319 g/mol. The lowest BCUT2D eigenvalue weighted by Gasteiger charge is -2.30. The van der Waals surface area contributed by atoms with E-state index >= 15 is 0 Å². The number of nitrogens with zero attached hydrogens (tertiary/aromatic N) is 2. The molecule has 0 fully saturated rings. The van der Waals surface area contributed by atoms with Crippen LogP contribution in [0.3, 0.4) is 0 Å². The number of esters is 1. The summed E-state index contributed by atoms with van der Waals surface area (Å²) < 4.78 is 10.2. The fraction of sp³-hybridized carbons (Fsp3) is 0.438. The Morgan fingerprint density at radius 2 is 2.04 bits per heavy atom. The van der Waals surface area contributed by atoms with Crippen molar-refractivity contribution in [3.05, 3.63) is 29.8 Å². The summed E-state index contributed by atoms with van der Waals surface area (Å²) in [7, 11) is 0. The summed E-state index contributed by atoms with van der Waals surface area (Å²) in [4.78, 5) is 25.3. The number of carbonyl (C=O) groups is 2. The summed E-state index contributed by atoms with van der Waals surface area (Å²) in [6, 6.07) is 8.14. The molecule has 1 aromatic rings. The minimum absolute atomic E-state index is 0.132. The number of carbonyl (C=O) groups excluding carboxylic acids is 2. The first-order valence-electron chi connectivity index (χ1n) is 7.14. The highest BCUT2D eigenvalue weighted by molar-refractivity contribution is 5.95. The normalized spacial score (nSPS) is 12.0. The summed E-state index contributed by atoms with van der Waals surface area (Å²) >= 11 is 0. The van der Waals surface area contributed by atoms with Crippen LogP contribution in [-0.4, -0.2) is 30.4 Å². The molecular formula is C16H21N3O4. The Morgan fingerprint density at radius 3 is 2.57 bits per heavy atom. The van der Waals surface area contributed by atoms with Crippen LogP contribution in [0, 0.1) is 11.3 Å². The molecule has 0 aromatic heterocycles. The number of nitriles is 1. The van der Waals surface area contributed by atoms with E-state index in [1.807, 2.05) is 6.07 Å². The second-order valence-electron chi connectivity index (χ2n) is 5.71. The first kappa shape index (κ1) is 18.5. The van der Waals surface area contributed by atoms with E-state index in [2.05, 4.69) is 0 Å². The molecule has 0 spiro atoms. The number of hydrogen-bond donors (Lipinski definition) is 1. The fourth-order valence-corrected chi connectivity index (χ4v) is 1.75. The van der Waals surface area contributed by atoms with Gasteiger partial charge in [0.1, 0.15) is 5.60 Å². The number of rotatable bonds is 4. The van der Waals surface area contributed by atoms with Gasteiger partial charge in [0.2, 0.25) is 0 Å². The molecule has 7 nitrogen and oxygen atoms in total. The van der Waals surface area contributed by atoms with E-state index in [-0.39, 0.29) is 12.3 Å². The van der Waals surface area contributed by atoms with Crippen molar-refractivity contribution in [1.82, 2.24) is 0 Å². The molecule has 1 amide bonds. The lowest BCUT2D eigenvalue weighted by molar-refractivity contribution is -0.144. The SMILES string of the molecule is CCOC(=O)C(N)N(C(=O)OC(C)(C)C)c1cccc(C#N)c1. The molecule has 0 saturated heterocycles. The second kappa shape index (κ2) is 7.61. The van der Waals surface area contributed by atoms with Gasteiger partial charge in [0.05, 0.1) is 23.9 Å².